The third kappa shape index (κ3) is 4.46. The second kappa shape index (κ2) is 10.2. The van der Waals surface area contributed by atoms with E-state index < -0.39 is 17.7 Å². The van der Waals surface area contributed by atoms with Crippen LogP contribution in [0.5, 0.6) is 17.2 Å². The summed E-state index contributed by atoms with van der Waals surface area (Å²) in [4.78, 5) is 30.1. The Labute approximate surface area is 199 Å². The van der Waals surface area contributed by atoms with Crippen molar-refractivity contribution in [3.8, 4) is 17.2 Å². The van der Waals surface area contributed by atoms with Gasteiger partial charge >= 0.3 is 0 Å². The Morgan fingerprint density at radius 2 is 1.79 bits per heavy atom. The minimum atomic E-state index is -0.701. The molecule has 0 spiro atoms. The lowest BCUT2D eigenvalue weighted by atomic mass is 9.95. The number of hydrogen-bond donors (Lipinski definition) is 1. The van der Waals surface area contributed by atoms with Crippen LogP contribution >= 0.6 is 0 Å². The Morgan fingerprint density at radius 1 is 1.09 bits per heavy atom. The SMILES string of the molecule is CCN(CC)CCCN1C(=O)C(=O)C(=C(O)c2ccc3c(c2)OCO3)[C@@H]1c1ccc(OC)cc1. The zero-order valence-corrected chi connectivity index (χ0v) is 19.7. The second-order valence-corrected chi connectivity index (χ2v) is 8.21. The molecule has 0 aliphatic carbocycles. The van der Waals surface area contributed by atoms with Gasteiger partial charge in [-0.3, -0.25) is 9.59 Å². The van der Waals surface area contributed by atoms with Crippen molar-refractivity contribution in [3.63, 3.8) is 0 Å². The van der Waals surface area contributed by atoms with Crippen molar-refractivity contribution in [1.29, 1.82) is 0 Å². The fourth-order valence-electron chi connectivity index (χ4n) is 4.45. The summed E-state index contributed by atoms with van der Waals surface area (Å²) in [5.74, 6) is 0.182. The van der Waals surface area contributed by atoms with E-state index in [0.717, 1.165) is 25.2 Å². The first kappa shape index (κ1) is 23.6. The van der Waals surface area contributed by atoms with Crippen LogP contribution in [0.1, 0.15) is 37.4 Å². The van der Waals surface area contributed by atoms with Crippen molar-refractivity contribution >= 4 is 17.4 Å². The third-order valence-corrected chi connectivity index (χ3v) is 6.39. The quantitative estimate of drug-likeness (QED) is 0.343. The van der Waals surface area contributed by atoms with Crippen molar-refractivity contribution in [2.45, 2.75) is 26.3 Å². The predicted octanol–water partition coefficient (Wildman–Crippen LogP) is 3.58. The van der Waals surface area contributed by atoms with Gasteiger partial charge in [0, 0.05) is 12.1 Å². The summed E-state index contributed by atoms with van der Waals surface area (Å²) in [5, 5.41) is 11.2. The average Bonchev–Trinajstić information content (AvgIpc) is 3.44. The summed E-state index contributed by atoms with van der Waals surface area (Å²) in [5.41, 5.74) is 1.19. The summed E-state index contributed by atoms with van der Waals surface area (Å²) >= 11 is 0. The van der Waals surface area contributed by atoms with E-state index in [2.05, 4.69) is 18.7 Å². The molecule has 8 nitrogen and oxygen atoms in total. The molecule has 180 valence electrons. The summed E-state index contributed by atoms with van der Waals surface area (Å²) < 4.78 is 16.0. The first-order valence-corrected chi connectivity index (χ1v) is 11.5. The van der Waals surface area contributed by atoms with Gasteiger partial charge in [-0.2, -0.15) is 0 Å². The molecule has 1 N–H and O–H groups in total. The number of ketones is 1. The van der Waals surface area contributed by atoms with Crippen molar-refractivity contribution < 1.29 is 28.9 Å². The smallest absolute Gasteiger partial charge is 0.295 e. The van der Waals surface area contributed by atoms with E-state index >= 15 is 0 Å². The van der Waals surface area contributed by atoms with Gasteiger partial charge in [0.2, 0.25) is 6.79 Å². The van der Waals surface area contributed by atoms with Gasteiger partial charge in [0.25, 0.3) is 11.7 Å². The Kier molecular flexibility index (Phi) is 7.07. The van der Waals surface area contributed by atoms with Gasteiger partial charge in [0.05, 0.1) is 18.7 Å². The van der Waals surface area contributed by atoms with Crippen LogP contribution in [-0.4, -0.2) is 66.7 Å². The lowest BCUT2D eigenvalue weighted by Crippen LogP contribution is -2.33. The molecule has 0 bridgehead atoms. The first-order valence-electron chi connectivity index (χ1n) is 11.5. The van der Waals surface area contributed by atoms with Gasteiger partial charge in [-0.05, 0) is 62.0 Å². The first-order chi connectivity index (χ1) is 16.5. The number of aliphatic hydroxyl groups is 1. The minimum absolute atomic E-state index is 0.0665. The number of methoxy groups -OCH3 is 1. The van der Waals surface area contributed by atoms with Gasteiger partial charge in [-0.15, -0.1) is 0 Å². The summed E-state index contributed by atoms with van der Waals surface area (Å²) in [7, 11) is 1.58. The van der Waals surface area contributed by atoms with E-state index in [4.69, 9.17) is 14.2 Å². The predicted molar refractivity (Wildman–Crippen MR) is 127 cm³/mol. The van der Waals surface area contributed by atoms with Crippen LogP contribution in [0.3, 0.4) is 0 Å². The van der Waals surface area contributed by atoms with Gasteiger partial charge in [-0.25, -0.2) is 0 Å². The molecular weight excluding hydrogens is 436 g/mol. The van der Waals surface area contributed by atoms with Gasteiger partial charge in [-0.1, -0.05) is 26.0 Å². The van der Waals surface area contributed by atoms with E-state index in [9.17, 15) is 14.7 Å². The summed E-state index contributed by atoms with van der Waals surface area (Å²) in [6.07, 6.45) is 0.714. The molecule has 8 heteroatoms. The third-order valence-electron chi connectivity index (χ3n) is 6.39. The van der Waals surface area contributed by atoms with E-state index in [1.54, 1.807) is 42.3 Å². The number of likely N-dealkylation sites (tertiary alicyclic amines) is 1. The number of nitrogens with zero attached hydrogens (tertiary/aromatic N) is 2. The lowest BCUT2D eigenvalue weighted by Gasteiger charge is -2.27. The number of fused-ring (bicyclic) bond motifs is 1. The van der Waals surface area contributed by atoms with E-state index in [1.165, 1.54) is 0 Å². The molecule has 1 atom stereocenters. The molecule has 0 unspecified atom stereocenters. The zero-order chi connectivity index (χ0) is 24.2. The largest absolute Gasteiger partial charge is 0.507 e. The van der Waals surface area contributed by atoms with E-state index in [0.29, 0.717) is 35.8 Å². The normalized spacial score (nSPS) is 18.7. The molecule has 2 heterocycles. The van der Waals surface area contributed by atoms with Gasteiger partial charge in [0.15, 0.2) is 11.5 Å². The molecule has 1 amide bonds. The number of aliphatic hydroxyl groups excluding tert-OH is 1. The molecule has 2 aliphatic rings. The maximum absolute atomic E-state index is 13.2. The van der Waals surface area contributed by atoms with E-state index in [1.807, 2.05) is 12.1 Å². The molecule has 2 aromatic carbocycles. The standard InChI is InChI=1S/C26H30N2O6/c1-4-27(5-2)13-6-14-28-23(17-7-10-19(32-3)11-8-17)22(25(30)26(28)31)24(29)18-9-12-20-21(15-18)34-16-33-20/h7-12,15,23,29H,4-6,13-14,16H2,1-3H3/t23-/m0/s1. The van der Waals surface area contributed by atoms with Gasteiger partial charge < -0.3 is 29.1 Å². The fourth-order valence-corrected chi connectivity index (χ4v) is 4.45. The Balaban J connectivity index is 1.73. The number of rotatable bonds is 9. The maximum atomic E-state index is 13.2. The maximum Gasteiger partial charge on any atom is 0.295 e. The average molecular weight is 467 g/mol. The highest BCUT2D eigenvalue weighted by atomic mass is 16.7. The molecule has 34 heavy (non-hydrogen) atoms. The van der Waals surface area contributed by atoms with Crippen molar-refractivity contribution in [1.82, 2.24) is 9.80 Å². The van der Waals surface area contributed by atoms with Crippen molar-refractivity contribution in [2.75, 3.05) is 40.1 Å². The number of benzene rings is 2. The van der Waals surface area contributed by atoms with Gasteiger partial charge in [0.1, 0.15) is 11.5 Å². The molecule has 0 aromatic heterocycles. The highest BCUT2D eigenvalue weighted by molar-refractivity contribution is 6.46. The molecule has 0 saturated carbocycles. The number of carbonyl (C=O) groups excluding carboxylic acids is 2. The molecule has 2 aliphatic heterocycles. The molecule has 4 rings (SSSR count). The van der Waals surface area contributed by atoms with Crippen molar-refractivity contribution in [3.05, 3.63) is 59.2 Å². The topological polar surface area (TPSA) is 88.5 Å². The van der Waals surface area contributed by atoms with Crippen LogP contribution in [0.15, 0.2) is 48.0 Å². The number of Topliss-reactive ketones (excluding diaryl/α,β-unsaturated/α-hetero) is 1. The number of hydrogen-bond acceptors (Lipinski definition) is 7. The summed E-state index contributed by atoms with van der Waals surface area (Å²) in [6.45, 7) is 7.34. The summed E-state index contributed by atoms with van der Waals surface area (Å²) in [6, 6.07) is 11.5. The minimum Gasteiger partial charge on any atom is -0.507 e. The van der Waals surface area contributed by atoms with Crippen LogP contribution in [0.25, 0.3) is 5.76 Å². The highest BCUT2D eigenvalue weighted by Crippen LogP contribution is 2.41. The second-order valence-electron chi connectivity index (χ2n) is 8.21. The van der Waals surface area contributed by atoms with E-state index in [-0.39, 0.29) is 18.1 Å². The fraction of sp³-hybridized carbons (Fsp3) is 0.385. The number of ether oxygens (including phenoxy) is 3. The monoisotopic (exact) mass is 466 g/mol. The van der Waals surface area contributed by atoms with Crippen LogP contribution in [0, 0.1) is 0 Å². The lowest BCUT2D eigenvalue weighted by molar-refractivity contribution is -0.140. The Morgan fingerprint density at radius 3 is 2.47 bits per heavy atom. The molecule has 0 radical (unpaired) electrons. The van der Waals surface area contributed by atoms with Crippen LogP contribution in [0.2, 0.25) is 0 Å². The molecule has 1 fully saturated rings. The molecule has 1 saturated heterocycles. The van der Waals surface area contributed by atoms with Crippen molar-refractivity contribution in [2.24, 2.45) is 0 Å². The molecular formula is C26H30N2O6. The van der Waals surface area contributed by atoms with Crippen LogP contribution < -0.4 is 14.2 Å². The van der Waals surface area contributed by atoms with Crippen LogP contribution in [0.4, 0.5) is 0 Å². The Hall–Kier alpha value is -3.52. The van der Waals surface area contributed by atoms with Crippen LogP contribution in [-0.2, 0) is 9.59 Å². The number of carbonyl (C=O) groups is 2. The zero-order valence-electron chi connectivity index (χ0n) is 19.7. The Bertz CT molecular complexity index is 1090. The highest BCUT2D eigenvalue weighted by Gasteiger charge is 2.45. The number of amides is 1. The molecule has 2 aromatic rings.